The molecule has 0 aliphatic heterocycles. The molecule has 1 fully saturated rings. The first kappa shape index (κ1) is 10.6. The lowest BCUT2D eigenvalue weighted by atomic mass is 9.92. The largest absolute Gasteiger partial charge is 0.481 e. The van der Waals surface area contributed by atoms with Crippen LogP contribution in [0.3, 0.4) is 0 Å². The van der Waals surface area contributed by atoms with Gasteiger partial charge in [0.15, 0.2) is 0 Å². The number of aromatic nitrogens is 1. The highest BCUT2D eigenvalue weighted by Crippen LogP contribution is 2.63. The van der Waals surface area contributed by atoms with E-state index in [1.54, 1.807) is 12.3 Å². The molecule has 80 valence electrons. The molecule has 1 saturated carbocycles. The Hall–Kier alpha value is -0.900. The molecule has 0 saturated heterocycles. The van der Waals surface area contributed by atoms with Crippen LogP contribution in [0.15, 0.2) is 22.8 Å². The molecule has 0 amide bonds. The van der Waals surface area contributed by atoms with E-state index in [-0.39, 0.29) is 5.41 Å². The van der Waals surface area contributed by atoms with Crippen LogP contribution >= 0.6 is 15.9 Å². The van der Waals surface area contributed by atoms with Gasteiger partial charge in [-0.05, 0) is 39.9 Å². The fourth-order valence-corrected chi connectivity index (χ4v) is 2.39. The maximum absolute atomic E-state index is 11.3. The summed E-state index contributed by atoms with van der Waals surface area (Å²) in [5.74, 6) is -0.776. The normalized spacial score (nSPS) is 27.4. The topological polar surface area (TPSA) is 50.2 Å². The summed E-state index contributed by atoms with van der Waals surface area (Å²) in [5.41, 5.74) is -0.323. The molecule has 1 aliphatic rings. The fraction of sp³-hybridized carbons (Fsp3) is 0.455. The van der Waals surface area contributed by atoms with Crippen molar-refractivity contribution in [3.05, 3.63) is 28.5 Å². The van der Waals surface area contributed by atoms with Gasteiger partial charge in [0.1, 0.15) is 5.41 Å². The number of carboxylic acids is 1. The standard InChI is InChI=1S/C11H12BrNO2/c1-10(2)6-11(10,9(14)15)8-4-3-7(12)5-13-8/h3-5H,6H2,1-2H3,(H,14,15). The van der Waals surface area contributed by atoms with E-state index in [2.05, 4.69) is 20.9 Å². The molecule has 1 N–H and O–H groups in total. The van der Waals surface area contributed by atoms with E-state index in [0.29, 0.717) is 12.1 Å². The minimum atomic E-state index is -0.784. The molecule has 0 aromatic carbocycles. The summed E-state index contributed by atoms with van der Waals surface area (Å²) in [6, 6.07) is 3.62. The highest BCUT2D eigenvalue weighted by Gasteiger charge is 2.68. The number of pyridine rings is 1. The van der Waals surface area contributed by atoms with Gasteiger partial charge in [-0.2, -0.15) is 0 Å². The molecule has 2 rings (SSSR count). The predicted molar refractivity (Wildman–Crippen MR) is 59.6 cm³/mol. The van der Waals surface area contributed by atoms with Crippen LogP contribution in [0.1, 0.15) is 26.0 Å². The maximum atomic E-state index is 11.3. The van der Waals surface area contributed by atoms with Gasteiger partial charge >= 0.3 is 5.97 Å². The third-order valence-corrected chi connectivity index (χ3v) is 3.74. The molecule has 1 heterocycles. The van der Waals surface area contributed by atoms with Gasteiger partial charge in [-0.15, -0.1) is 0 Å². The summed E-state index contributed by atoms with van der Waals surface area (Å²) in [6.45, 7) is 3.93. The molecule has 1 aromatic heterocycles. The van der Waals surface area contributed by atoms with Gasteiger partial charge in [0.2, 0.25) is 0 Å². The van der Waals surface area contributed by atoms with Crippen molar-refractivity contribution in [1.29, 1.82) is 0 Å². The Labute approximate surface area is 96.7 Å². The zero-order valence-electron chi connectivity index (χ0n) is 8.62. The SMILES string of the molecule is CC1(C)CC1(C(=O)O)c1ccc(Br)cn1. The summed E-state index contributed by atoms with van der Waals surface area (Å²) < 4.78 is 0.866. The molecule has 3 nitrogen and oxygen atoms in total. The molecule has 1 atom stereocenters. The van der Waals surface area contributed by atoms with Crippen LogP contribution in [-0.2, 0) is 10.2 Å². The van der Waals surface area contributed by atoms with Crippen molar-refractivity contribution in [3.63, 3.8) is 0 Å². The molecule has 1 unspecified atom stereocenters. The van der Waals surface area contributed by atoms with E-state index < -0.39 is 11.4 Å². The van der Waals surface area contributed by atoms with E-state index in [1.165, 1.54) is 0 Å². The van der Waals surface area contributed by atoms with E-state index in [1.807, 2.05) is 19.9 Å². The highest BCUT2D eigenvalue weighted by molar-refractivity contribution is 9.10. The molecule has 0 spiro atoms. The Kier molecular flexibility index (Phi) is 2.15. The monoisotopic (exact) mass is 269 g/mol. The average molecular weight is 270 g/mol. The van der Waals surface area contributed by atoms with Gasteiger partial charge in [0.25, 0.3) is 0 Å². The molecular formula is C11H12BrNO2. The van der Waals surface area contributed by atoms with Crippen LogP contribution < -0.4 is 0 Å². The quantitative estimate of drug-likeness (QED) is 0.898. The Bertz CT molecular complexity index is 413. The van der Waals surface area contributed by atoms with Gasteiger partial charge in [-0.1, -0.05) is 13.8 Å². The van der Waals surface area contributed by atoms with Crippen molar-refractivity contribution in [1.82, 2.24) is 4.98 Å². The highest BCUT2D eigenvalue weighted by atomic mass is 79.9. The van der Waals surface area contributed by atoms with Crippen LogP contribution in [0, 0.1) is 5.41 Å². The molecule has 0 bridgehead atoms. The van der Waals surface area contributed by atoms with Crippen LogP contribution in [0.25, 0.3) is 0 Å². The van der Waals surface area contributed by atoms with Crippen molar-refractivity contribution in [2.45, 2.75) is 25.7 Å². The second-order valence-corrected chi connectivity index (χ2v) is 5.55. The number of nitrogens with zero attached hydrogens (tertiary/aromatic N) is 1. The van der Waals surface area contributed by atoms with Gasteiger partial charge in [-0.25, -0.2) is 0 Å². The Balaban J connectivity index is 2.45. The number of aliphatic carboxylic acids is 1. The minimum absolute atomic E-state index is 0.195. The number of rotatable bonds is 2. The van der Waals surface area contributed by atoms with E-state index >= 15 is 0 Å². The Morgan fingerprint density at radius 3 is 2.47 bits per heavy atom. The third-order valence-electron chi connectivity index (χ3n) is 3.27. The first-order valence-electron chi connectivity index (χ1n) is 4.75. The van der Waals surface area contributed by atoms with Crippen LogP contribution in [0.4, 0.5) is 0 Å². The summed E-state index contributed by atoms with van der Waals surface area (Å²) in [6.07, 6.45) is 2.30. The van der Waals surface area contributed by atoms with Crippen LogP contribution in [0.2, 0.25) is 0 Å². The average Bonchev–Trinajstić information content (AvgIpc) is 2.72. The number of carbonyl (C=O) groups is 1. The second kappa shape index (κ2) is 3.04. The molecule has 0 radical (unpaired) electrons. The number of halogens is 1. The number of carboxylic acid groups (broad SMARTS) is 1. The minimum Gasteiger partial charge on any atom is -0.481 e. The second-order valence-electron chi connectivity index (χ2n) is 4.63. The van der Waals surface area contributed by atoms with Crippen molar-refractivity contribution < 1.29 is 9.90 Å². The summed E-state index contributed by atoms with van der Waals surface area (Å²) in [4.78, 5) is 15.5. The summed E-state index contributed by atoms with van der Waals surface area (Å²) in [7, 11) is 0. The first-order valence-corrected chi connectivity index (χ1v) is 5.55. The molecule has 1 aliphatic carbocycles. The summed E-state index contributed by atoms with van der Waals surface area (Å²) >= 11 is 3.29. The van der Waals surface area contributed by atoms with Crippen LogP contribution in [0.5, 0.6) is 0 Å². The van der Waals surface area contributed by atoms with Gasteiger partial charge in [0, 0.05) is 10.7 Å². The number of hydrogen-bond donors (Lipinski definition) is 1. The molecular weight excluding hydrogens is 258 g/mol. The van der Waals surface area contributed by atoms with Crippen molar-refractivity contribution >= 4 is 21.9 Å². The third kappa shape index (κ3) is 1.39. The molecule has 15 heavy (non-hydrogen) atoms. The smallest absolute Gasteiger partial charge is 0.316 e. The van der Waals surface area contributed by atoms with Crippen LogP contribution in [-0.4, -0.2) is 16.1 Å². The zero-order chi connectivity index (χ0) is 11.3. The lowest BCUT2D eigenvalue weighted by Crippen LogP contribution is -2.26. The zero-order valence-corrected chi connectivity index (χ0v) is 10.2. The van der Waals surface area contributed by atoms with Crippen molar-refractivity contribution in [2.24, 2.45) is 5.41 Å². The Morgan fingerprint density at radius 1 is 1.53 bits per heavy atom. The lowest BCUT2D eigenvalue weighted by Gasteiger charge is -2.14. The van der Waals surface area contributed by atoms with Crippen molar-refractivity contribution in [2.75, 3.05) is 0 Å². The van der Waals surface area contributed by atoms with E-state index in [4.69, 9.17) is 0 Å². The summed E-state index contributed by atoms with van der Waals surface area (Å²) in [5, 5.41) is 9.31. The van der Waals surface area contributed by atoms with E-state index in [9.17, 15) is 9.90 Å². The fourth-order valence-electron chi connectivity index (χ4n) is 2.16. The van der Waals surface area contributed by atoms with Crippen molar-refractivity contribution in [3.8, 4) is 0 Å². The Morgan fingerprint density at radius 2 is 2.13 bits per heavy atom. The first-order chi connectivity index (χ1) is 6.90. The van der Waals surface area contributed by atoms with Gasteiger partial charge < -0.3 is 5.11 Å². The molecule has 1 aromatic rings. The molecule has 4 heteroatoms. The lowest BCUT2D eigenvalue weighted by molar-refractivity contribution is -0.141. The number of hydrogen-bond acceptors (Lipinski definition) is 2. The van der Waals surface area contributed by atoms with Gasteiger partial charge in [-0.3, -0.25) is 9.78 Å². The predicted octanol–water partition coefficient (Wildman–Crippen LogP) is 2.60. The van der Waals surface area contributed by atoms with E-state index in [0.717, 1.165) is 4.47 Å². The maximum Gasteiger partial charge on any atom is 0.316 e. The van der Waals surface area contributed by atoms with Gasteiger partial charge in [0.05, 0.1) is 5.69 Å².